The summed E-state index contributed by atoms with van der Waals surface area (Å²) in [6.07, 6.45) is 2.38. The van der Waals surface area contributed by atoms with Gasteiger partial charge in [-0.1, -0.05) is 58.8 Å². The highest BCUT2D eigenvalue weighted by atomic mass is 35.5. The summed E-state index contributed by atoms with van der Waals surface area (Å²) in [6, 6.07) is 14.8. The Morgan fingerprint density at radius 2 is 1.56 bits per heavy atom. The Bertz CT molecular complexity index is 1480. The van der Waals surface area contributed by atoms with Crippen molar-refractivity contribution < 1.29 is 9.59 Å². The van der Waals surface area contributed by atoms with Crippen LogP contribution in [0.3, 0.4) is 0 Å². The molecule has 0 radical (unpaired) electrons. The average molecular weight is 556 g/mol. The number of carbonyl (C=O) groups is 2. The van der Waals surface area contributed by atoms with E-state index in [-0.39, 0.29) is 57.4 Å². The predicted octanol–water partition coefficient (Wildman–Crippen LogP) is 5.25. The molecule has 3 aromatic rings. The van der Waals surface area contributed by atoms with E-state index in [1.165, 1.54) is 17.6 Å². The maximum atomic E-state index is 13.6. The number of carbonyl (C=O) groups excluding carboxylic acids is 2. The third-order valence-corrected chi connectivity index (χ3v) is 11.2. The van der Waals surface area contributed by atoms with Crippen LogP contribution in [0.2, 0.25) is 10.0 Å². The Kier molecular flexibility index (Phi) is 5.26. The summed E-state index contributed by atoms with van der Waals surface area (Å²) in [5.74, 6) is -0.917. The second kappa shape index (κ2) is 8.31. The number of hydrogen-bond acceptors (Lipinski definition) is 6. The fourth-order valence-electron chi connectivity index (χ4n) is 6.83. The maximum absolute atomic E-state index is 13.6. The first-order valence-corrected chi connectivity index (χ1v) is 14.2. The van der Waals surface area contributed by atoms with Crippen LogP contribution in [0.1, 0.15) is 28.3 Å². The highest BCUT2D eigenvalue weighted by Crippen LogP contribution is 2.68. The molecule has 182 valence electrons. The van der Waals surface area contributed by atoms with Gasteiger partial charge in [-0.2, -0.15) is 10.1 Å². The van der Waals surface area contributed by atoms with Crippen LogP contribution >= 0.6 is 46.3 Å². The van der Waals surface area contributed by atoms with Gasteiger partial charge in [-0.3, -0.25) is 14.4 Å². The fraction of sp³-hybridized carbons (Fsp3) is 0.308. The van der Waals surface area contributed by atoms with Crippen molar-refractivity contribution in [1.29, 1.82) is 0 Å². The summed E-state index contributed by atoms with van der Waals surface area (Å²) in [7, 11) is 0. The molecule has 2 aliphatic heterocycles. The van der Waals surface area contributed by atoms with E-state index in [1.54, 1.807) is 36.0 Å². The maximum Gasteiger partial charge on any atom is 0.305 e. The highest BCUT2D eigenvalue weighted by molar-refractivity contribution is 8.00. The first kappa shape index (κ1) is 22.8. The van der Waals surface area contributed by atoms with Crippen molar-refractivity contribution in [2.45, 2.75) is 22.6 Å². The molecule has 0 unspecified atom stereocenters. The Balaban J connectivity index is 1.25. The summed E-state index contributed by atoms with van der Waals surface area (Å²) >= 11 is 15.0. The molecule has 2 bridgehead atoms. The molecule has 2 aromatic carbocycles. The topological polar surface area (TPSA) is 82.6 Å². The minimum Gasteiger partial charge on any atom is -0.307 e. The van der Waals surface area contributed by atoms with Gasteiger partial charge in [0.1, 0.15) is 0 Å². The lowest BCUT2D eigenvalue weighted by molar-refractivity contribution is -0.140. The average Bonchev–Trinajstić information content (AvgIpc) is 3.59. The monoisotopic (exact) mass is 555 g/mol. The van der Waals surface area contributed by atoms with Gasteiger partial charge in [0.2, 0.25) is 0 Å². The molecule has 7 atom stereocenters. The Labute approximate surface area is 224 Å². The molecule has 3 heterocycles. The van der Waals surface area contributed by atoms with E-state index in [0.29, 0.717) is 10.0 Å². The SMILES string of the molecule is O=C1[C@@H]2[C@@H]3C[C@H]([C@H]4Sc5[nH]c(=O)sc5[C@@H](c5ccc(Cl)cc5)[C@H]34)[C@@H]2C(=O)N1/N=C\c1ccc(Cl)cc1. The van der Waals surface area contributed by atoms with Crippen LogP contribution in [0.4, 0.5) is 0 Å². The van der Waals surface area contributed by atoms with Crippen molar-refractivity contribution in [3.8, 4) is 0 Å². The zero-order valence-corrected chi connectivity index (χ0v) is 21.8. The number of nitrogens with one attached hydrogen (secondary N) is 1. The summed E-state index contributed by atoms with van der Waals surface area (Å²) in [5.41, 5.74) is 1.85. The van der Waals surface area contributed by atoms with Gasteiger partial charge in [0.15, 0.2) is 0 Å². The van der Waals surface area contributed by atoms with Crippen LogP contribution in [-0.4, -0.2) is 33.3 Å². The molecule has 7 rings (SSSR count). The van der Waals surface area contributed by atoms with Crippen LogP contribution in [0.25, 0.3) is 0 Å². The second-order valence-electron chi connectivity index (χ2n) is 9.80. The van der Waals surface area contributed by atoms with Gasteiger partial charge >= 0.3 is 4.87 Å². The minimum absolute atomic E-state index is 0.0158. The molecule has 0 spiro atoms. The van der Waals surface area contributed by atoms with Gasteiger partial charge in [0.25, 0.3) is 11.8 Å². The van der Waals surface area contributed by atoms with Gasteiger partial charge in [-0.05, 0) is 59.6 Å². The van der Waals surface area contributed by atoms with Crippen molar-refractivity contribution >= 4 is 64.3 Å². The lowest BCUT2D eigenvalue weighted by atomic mass is 9.68. The summed E-state index contributed by atoms with van der Waals surface area (Å²) in [4.78, 5) is 43.3. The van der Waals surface area contributed by atoms with Crippen molar-refractivity contribution in [3.63, 3.8) is 0 Å². The first-order valence-electron chi connectivity index (χ1n) is 11.7. The van der Waals surface area contributed by atoms with Crippen LogP contribution in [0.15, 0.2) is 63.5 Å². The van der Waals surface area contributed by atoms with E-state index in [1.807, 2.05) is 24.3 Å². The van der Waals surface area contributed by atoms with Crippen LogP contribution in [0, 0.1) is 29.6 Å². The van der Waals surface area contributed by atoms with Crippen molar-refractivity contribution in [3.05, 3.63) is 84.2 Å². The molecule has 1 saturated heterocycles. The number of rotatable bonds is 3. The number of amides is 2. The molecule has 1 N–H and O–H groups in total. The molecule has 6 nitrogen and oxygen atoms in total. The number of thioether (sulfide) groups is 1. The molecular weight excluding hydrogens is 537 g/mol. The highest BCUT2D eigenvalue weighted by Gasteiger charge is 2.69. The van der Waals surface area contributed by atoms with Crippen molar-refractivity contribution in [2.75, 3.05) is 0 Å². The van der Waals surface area contributed by atoms with Crippen molar-refractivity contribution in [2.24, 2.45) is 34.7 Å². The number of imide groups is 1. The largest absolute Gasteiger partial charge is 0.307 e. The van der Waals surface area contributed by atoms with Gasteiger partial charge in [0, 0.05) is 26.1 Å². The number of hydrazone groups is 1. The Hall–Kier alpha value is -2.39. The van der Waals surface area contributed by atoms with E-state index in [2.05, 4.69) is 10.1 Å². The zero-order chi connectivity index (χ0) is 24.7. The van der Waals surface area contributed by atoms with Crippen LogP contribution < -0.4 is 4.87 Å². The smallest absolute Gasteiger partial charge is 0.305 e. The lowest BCUT2D eigenvalue weighted by Crippen LogP contribution is -2.42. The summed E-state index contributed by atoms with van der Waals surface area (Å²) in [6.45, 7) is 0. The molecule has 1 aromatic heterocycles. The number of aromatic nitrogens is 1. The van der Waals surface area contributed by atoms with E-state index in [0.717, 1.165) is 32.5 Å². The number of benzene rings is 2. The molecule has 10 heteroatoms. The zero-order valence-electron chi connectivity index (χ0n) is 18.6. The van der Waals surface area contributed by atoms with Gasteiger partial charge in [-0.25, -0.2) is 0 Å². The number of aromatic amines is 1. The lowest BCUT2D eigenvalue weighted by Gasteiger charge is -2.43. The fourth-order valence-corrected chi connectivity index (χ4v) is 9.97. The number of fused-ring (bicyclic) bond motifs is 9. The van der Waals surface area contributed by atoms with E-state index in [4.69, 9.17) is 23.2 Å². The van der Waals surface area contributed by atoms with E-state index in [9.17, 15) is 14.4 Å². The molecule has 2 amide bonds. The quantitative estimate of drug-likeness (QED) is 0.353. The number of nitrogens with zero attached hydrogens (tertiary/aromatic N) is 2. The Morgan fingerprint density at radius 3 is 2.25 bits per heavy atom. The second-order valence-corrected chi connectivity index (χ2v) is 12.9. The molecular formula is C26H19Cl2N3O3S2. The van der Waals surface area contributed by atoms with Gasteiger partial charge in [-0.15, -0.1) is 11.8 Å². The van der Waals surface area contributed by atoms with Gasteiger partial charge in [0.05, 0.1) is 23.1 Å². The first-order chi connectivity index (χ1) is 17.4. The summed E-state index contributed by atoms with van der Waals surface area (Å²) < 4.78 is 0. The minimum atomic E-state index is -0.376. The standard InChI is InChI=1S/C26H19Cl2N3O3S2/c27-13-5-1-11(2-6-13)10-29-31-24(32)19-15-9-16(20(19)25(31)33)21-18(15)17(12-3-7-14(28)8-4-12)22-23(35-21)30-26(34)36-22/h1-8,10,15-21H,9H2,(H,30,34)/b29-10-/t15-,16+,17+,18+,19-,20+,21-/m1/s1. The molecule has 3 fully saturated rings. The summed E-state index contributed by atoms with van der Waals surface area (Å²) in [5, 5.41) is 7.69. The number of H-pyrrole nitrogens is 1. The Morgan fingerprint density at radius 1 is 0.917 bits per heavy atom. The molecule has 2 saturated carbocycles. The van der Waals surface area contributed by atoms with Gasteiger partial charge < -0.3 is 4.98 Å². The van der Waals surface area contributed by atoms with E-state index < -0.39 is 0 Å². The van der Waals surface area contributed by atoms with E-state index >= 15 is 0 Å². The number of hydrogen-bond donors (Lipinski definition) is 1. The third kappa shape index (κ3) is 3.31. The van der Waals surface area contributed by atoms with Crippen LogP contribution in [0.5, 0.6) is 0 Å². The molecule has 36 heavy (non-hydrogen) atoms. The normalized spacial score (nSPS) is 32.3. The number of halogens is 2. The third-order valence-electron chi connectivity index (χ3n) is 8.12. The predicted molar refractivity (Wildman–Crippen MR) is 141 cm³/mol. The van der Waals surface area contributed by atoms with Crippen molar-refractivity contribution in [1.82, 2.24) is 9.99 Å². The molecule has 4 aliphatic rings. The molecule has 2 aliphatic carbocycles. The number of thiazole rings is 1. The van der Waals surface area contributed by atoms with Crippen LogP contribution in [-0.2, 0) is 9.59 Å².